The van der Waals surface area contributed by atoms with Gasteiger partial charge >= 0.3 is 5.69 Å². The van der Waals surface area contributed by atoms with Gasteiger partial charge < -0.3 is 10.1 Å². The van der Waals surface area contributed by atoms with E-state index in [4.69, 9.17) is 4.74 Å². The first-order chi connectivity index (χ1) is 9.73. The average molecular weight is 292 g/mol. The molecule has 0 heterocycles. The summed E-state index contributed by atoms with van der Waals surface area (Å²) in [4.78, 5) is 10.7. The predicted molar refractivity (Wildman–Crippen MR) is 84.9 cm³/mol. The van der Waals surface area contributed by atoms with Gasteiger partial charge in [0.1, 0.15) is 6.61 Å². The standard InChI is InChI=1S/C16H24N2O3/c1-6-13-7-8-15(14(9-13)18(19)20)21-11-12(2)10-17-16(3,4)5/h7-9,17H,2,6,10-11H2,1,3-5H3. The Bertz CT molecular complexity index is 519. The number of nitrogens with one attached hydrogen (secondary N) is 1. The van der Waals surface area contributed by atoms with Crippen molar-refractivity contribution in [2.24, 2.45) is 0 Å². The number of ether oxygens (including phenoxy) is 1. The number of hydrogen-bond acceptors (Lipinski definition) is 4. The summed E-state index contributed by atoms with van der Waals surface area (Å²) < 4.78 is 5.54. The molecule has 21 heavy (non-hydrogen) atoms. The zero-order valence-electron chi connectivity index (χ0n) is 13.2. The molecule has 1 N–H and O–H groups in total. The normalized spacial score (nSPS) is 11.2. The number of rotatable bonds is 7. The molecule has 1 aromatic rings. The summed E-state index contributed by atoms with van der Waals surface area (Å²) in [7, 11) is 0. The summed E-state index contributed by atoms with van der Waals surface area (Å²) in [6.07, 6.45) is 0.753. The topological polar surface area (TPSA) is 64.4 Å². The second kappa shape index (κ2) is 7.22. The lowest BCUT2D eigenvalue weighted by Gasteiger charge is -2.21. The summed E-state index contributed by atoms with van der Waals surface area (Å²) in [6.45, 7) is 13.0. The van der Waals surface area contributed by atoms with Gasteiger partial charge in [0.25, 0.3) is 0 Å². The van der Waals surface area contributed by atoms with Crippen LogP contribution < -0.4 is 10.1 Å². The molecule has 0 radical (unpaired) electrons. The van der Waals surface area contributed by atoms with Crippen molar-refractivity contribution in [3.8, 4) is 5.75 Å². The predicted octanol–water partition coefficient (Wildman–Crippen LogP) is 3.48. The van der Waals surface area contributed by atoms with Crippen LogP contribution in [0.25, 0.3) is 0 Å². The van der Waals surface area contributed by atoms with E-state index >= 15 is 0 Å². The fourth-order valence-electron chi connectivity index (χ4n) is 1.67. The molecule has 0 spiro atoms. The quantitative estimate of drug-likeness (QED) is 0.475. The van der Waals surface area contributed by atoms with Crippen LogP contribution in [-0.4, -0.2) is 23.6 Å². The number of nitro groups is 1. The van der Waals surface area contributed by atoms with Crippen LogP contribution in [0.3, 0.4) is 0 Å². The molecule has 1 rings (SSSR count). The highest BCUT2D eigenvalue weighted by Gasteiger charge is 2.16. The Morgan fingerprint density at radius 3 is 2.62 bits per heavy atom. The van der Waals surface area contributed by atoms with Gasteiger partial charge in [0.05, 0.1) is 4.92 Å². The van der Waals surface area contributed by atoms with Crippen molar-refractivity contribution in [3.63, 3.8) is 0 Å². The van der Waals surface area contributed by atoms with E-state index in [-0.39, 0.29) is 23.6 Å². The highest BCUT2D eigenvalue weighted by molar-refractivity contribution is 5.48. The van der Waals surface area contributed by atoms with E-state index in [2.05, 4.69) is 32.7 Å². The molecule has 0 amide bonds. The average Bonchev–Trinajstić information content (AvgIpc) is 2.41. The molecule has 5 heteroatoms. The molecule has 0 fully saturated rings. The van der Waals surface area contributed by atoms with Crippen molar-refractivity contribution in [2.75, 3.05) is 13.2 Å². The lowest BCUT2D eigenvalue weighted by atomic mass is 10.1. The minimum atomic E-state index is -0.412. The van der Waals surface area contributed by atoms with E-state index in [0.717, 1.165) is 17.6 Å². The first-order valence-corrected chi connectivity index (χ1v) is 7.04. The molecule has 0 saturated heterocycles. The van der Waals surface area contributed by atoms with E-state index in [9.17, 15) is 10.1 Å². The Morgan fingerprint density at radius 2 is 2.10 bits per heavy atom. The Balaban J connectivity index is 2.67. The van der Waals surface area contributed by atoms with Crippen molar-refractivity contribution < 1.29 is 9.66 Å². The van der Waals surface area contributed by atoms with Crippen LogP contribution in [0.2, 0.25) is 0 Å². The minimum Gasteiger partial charge on any atom is -0.482 e. The fourth-order valence-corrected chi connectivity index (χ4v) is 1.67. The van der Waals surface area contributed by atoms with E-state index in [1.54, 1.807) is 12.1 Å². The summed E-state index contributed by atoms with van der Waals surface area (Å²) >= 11 is 0. The molecular weight excluding hydrogens is 268 g/mol. The Kier molecular flexibility index (Phi) is 5.90. The molecule has 5 nitrogen and oxygen atoms in total. The van der Waals surface area contributed by atoms with Crippen molar-refractivity contribution in [2.45, 2.75) is 39.7 Å². The van der Waals surface area contributed by atoms with E-state index in [1.165, 1.54) is 0 Å². The number of aryl methyl sites for hydroxylation is 1. The van der Waals surface area contributed by atoms with Gasteiger partial charge in [-0.2, -0.15) is 0 Å². The SMILES string of the molecule is C=C(CNC(C)(C)C)COc1ccc(CC)cc1[N+](=O)[O-]. The molecule has 0 saturated carbocycles. The largest absolute Gasteiger partial charge is 0.482 e. The molecule has 116 valence electrons. The first kappa shape index (κ1) is 17.2. The van der Waals surface area contributed by atoms with E-state index in [0.29, 0.717) is 6.54 Å². The summed E-state index contributed by atoms with van der Waals surface area (Å²) in [5, 5.41) is 14.4. The van der Waals surface area contributed by atoms with Gasteiger partial charge in [-0.05, 0) is 44.4 Å². The third-order valence-corrected chi connectivity index (χ3v) is 2.93. The van der Waals surface area contributed by atoms with Crippen LogP contribution in [0, 0.1) is 10.1 Å². The fraction of sp³-hybridized carbons (Fsp3) is 0.500. The van der Waals surface area contributed by atoms with Crippen molar-refractivity contribution >= 4 is 5.69 Å². The van der Waals surface area contributed by atoms with Crippen LogP contribution in [0.1, 0.15) is 33.3 Å². The van der Waals surface area contributed by atoms with Crippen LogP contribution >= 0.6 is 0 Å². The molecule has 0 aromatic heterocycles. The zero-order valence-corrected chi connectivity index (χ0v) is 13.2. The van der Waals surface area contributed by atoms with Gasteiger partial charge in [-0.15, -0.1) is 0 Å². The maximum Gasteiger partial charge on any atom is 0.311 e. The second-order valence-electron chi connectivity index (χ2n) is 6.05. The monoisotopic (exact) mass is 292 g/mol. The summed E-state index contributed by atoms with van der Waals surface area (Å²) in [6, 6.07) is 5.06. The van der Waals surface area contributed by atoms with Crippen LogP contribution in [0.15, 0.2) is 30.4 Å². The molecule has 0 aliphatic heterocycles. The lowest BCUT2D eigenvalue weighted by molar-refractivity contribution is -0.385. The van der Waals surface area contributed by atoms with Gasteiger partial charge in [-0.25, -0.2) is 0 Å². The second-order valence-corrected chi connectivity index (χ2v) is 6.05. The summed E-state index contributed by atoms with van der Waals surface area (Å²) in [5.41, 5.74) is 1.77. The number of nitro benzene ring substituents is 1. The smallest absolute Gasteiger partial charge is 0.311 e. The number of nitrogens with zero attached hydrogens (tertiary/aromatic N) is 1. The van der Waals surface area contributed by atoms with Crippen molar-refractivity contribution in [1.82, 2.24) is 5.32 Å². The zero-order chi connectivity index (χ0) is 16.0. The summed E-state index contributed by atoms with van der Waals surface area (Å²) in [5.74, 6) is 0.286. The maximum absolute atomic E-state index is 11.1. The Morgan fingerprint density at radius 1 is 1.43 bits per heavy atom. The molecule has 0 atom stereocenters. The van der Waals surface area contributed by atoms with Crippen LogP contribution in [0.5, 0.6) is 5.75 Å². The van der Waals surface area contributed by atoms with Gasteiger partial charge in [-0.1, -0.05) is 19.6 Å². The number of hydrogen-bond donors (Lipinski definition) is 1. The van der Waals surface area contributed by atoms with Gasteiger partial charge in [0, 0.05) is 18.2 Å². The third kappa shape index (κ3) is 5.95. The Hall–Kier alpha value is -1.88. The van der Waals surface area contributed by atoms with Crippen LogP contribution in [0.4, 0.5) is 5.69 Å². The first-order valence-electron chi connectivity index (χ1n) is 7.04. The highest BCUT2D eigenvalue weighted by Crippen LogP contribution is 2.28. The molecule has 0 aliphatic carbocycles. The molecule has 0 bridgehead atoms. The molecular formula is C16H24N2O3. The molecule has 0 aliphatic rings. The molecule has 1 aromatic carbocycles. The highest BCUT2D eigenvalue weighted by atomic mass is 16.6. The third-order valence-electron chi connectivity index (χ3n) is 2.93. The van der Waals surface area contributed by atoms with E-state index in [1.807, 2.05) is 13.0 Å². The van der Waals surface area contributed by atoms with E-state index < -0.39 is 4.92 Å². The van der Waals surface area contributed by atoms with Gasteiger partial charge in [0.15, 0.2) is 5.75 Å². The van der Waals surface area contributed by atoms with Crippen LogP contribution in [-0.2, 0) is 6.42 Å². The lowest BCUT2D eigenvalue weighted by Crippen LogP contribution is -2.37. The maximum atomic E-state index is 11.1. The van der Waals surface area contributed by atoms with Crippen molar-refractivity contribution in [3.05, 3.63) is 46.0 Å². The van der Waals surface area contributed by atoms with Gasteiger partial charge in [0.2, 0.25) is 0 Å². The molecule has 0 unspecified atom stereocenters. The minimum absolute atomic E-state index is 0.00227. The Labute approximate surface area is 126 Å². The van der Waals surface area contributed by atoms with Crippen molar-refractivity contribution in [1.29, 1.82) is 0 Å². The van der Waals surface area contributed by atoms with Gasteiger partial charge in [-0.3, -0.25) is 10.1 Å². The number of benzene rings is 1.